The van der Waals surface area contributed by atoms with Crippen molar-refractivity contribution in [2.24, 2.45) is 0 Å². The highest BCUT2D eigenvalue weighted by Crippen LogP contribution is 2.38. The summed E-state index contributed by atoms with van der Waals surface area (Å²) in [5.74, 6) is 0. The Morgan fingerprint density at radius 2 is 1.75 bits per heavy atom. The molecule has 24 heavy (non-hydrogen) atoms. The predicted molar refractivity (Wildman–Crippen MR) is 109 cm³/mol. The van der Waals surface area contributed by atoms with Gasteiger partial charge in [-0.15, -0.1) is 0 Å². The highest BCUT2D eigenvalue weighted by atomic mass is 14.2. The van der Waals surface area contributed by atoms with Crippen LogP contribution in [0.3, 0.4) is 0 Å². The van der Waals surface area contributed by atoms with Crippen molar-refractivity contribution >= 4 is 11.6 Å². The largest absolute Gasteiger partial charge is 0.0991 e. The molecule has 0 radical (unpaired) electrons. The van der Waals surface area contributed by atoms with E-state index in [1.54, 1.807) is 5.57 Å². The molecule has 0 N–H and O–H groups in total. The molecule has 0 fully saturated rings. The molecule has 0 unspecified atom stereocenters. The molecule has 0 nitrogen and oxygen atoms in total. The minimum Gasteiger partial charge on any atom is -0.0991 e. The minimum absolute atomic E-state index is 1.17. The Morgan fingerprint density at radius 3 is 2.38 bits per heavy atom. The average molecular weight is 319 g/mol. The Bertz CT molecular complexity index is 712. The fourth-order valence-electron chi connectivity index (χ4n) is 3.49. The molecular formula is C24H30. The summed E-state index contributed by atoms with van der Waals surface area (Å²) in [4.78, 5) is 0. The number of fused-ring (bicyclic) bond motifs is 1. The molecule has 0 aliphatic heterocycles. The van der Waals surface area contributed by atoms with Crippen LogP contribution >= 0.6 is 0 Å². The highest BCUT2D eigenvalue weighted by molar-refractivity contribution is 5.89. The number of aryl methyl sites for hydroxylation is 1. The lowest BCUT2D eigenvalue weighted by atomic mass is 9.86. The summed E-state index contributed by atoms with van der Waals surface area (Å²) in [6, 6.07) is 6.84. The first-order chi connectivity index (χ1) is 11.6. The second-order valence-electron chi connectivity index (χ2n) is 6.58. The van der Waals surface area contributed by atoms with E-state index in [0.29, 0.717) is 0 Å². The van der Waals surface area contributed by atoms with Gasteiger partial charge < -0.3 is 0 Å². The lowest BCUT2D eigenvalue weighted by Crippen LogP contribution is -1.98. The molecule has 0 heteroatoms. The molecule has 0 heterocycles. The van der Waals surface area contributed by atoms with Crippen LogP contribution in [-0.2, 0) is 0 Å². The summed E-state index contributed by atoms with van der Waals surface area (Å²) in [6.45, 7) is 12.8. The maximum Gasteiger partial charge on any atom is -0.0109 e. The molecule has 1 aromatic rings. The minimum atomic E-state index is 1.17. The highest BCUT2D eigenvalue weighted by Gasteiger charge is 2.17. The molecule has 0 saturated carbocycles. The van der Waals surface area contributed by atoms with Crippen molar-refractivity contribution in [3.05, 3.63) is 82.5 Å². The van der Waals surface area contributed by atoms with Gasteiger partial charge in [0.15, 0.2) is 0 Å². The second kappa shape index (κ2) is 8.68. The topological polar surface area (TPSA) is 0 Å². The first-order valence-corrected chi connectivity index (χ1v) is 9.13. The van der Waals surface area contributed by atoms with Crippen LogP contribution in [0.15, 0.2) is 65.8 Å². The van der Waals surface area contributed by atoms with Gasteiger partial charge >= 0.3 is 0 Å². The van der Waals surface area contributed by atoms with Gasteiger partial charge in [0, 0.05) is 0 Å². The maximum atomic E-state index is 3.81. The molecule has 0 aromatic heterocycles. The van der Waals surface area contributed by atoms with Crippen LogP contribution in [0.25, 0.3) is 11.6 Å². The lowest BCUT2D eigenvalue weighted by molar-refractivity contribution is 0.805. The lowest BCUT2D eigenvalue weighted by Gasteiger charge is -2.18. The van der Waals surface area contributed by atoms with E-state index in [0.717, 1.165) is 0 Å². The monoisotopic (exact) mass is 318 g/mol. The Labute approximate surface area is 148 Å². The van der Waals surface area contributed by atoms with Gasteiger partial charge in [-0.2, -0.15) is 0 Å². The summed E-state index contributed by atoms with van der Waals surface area (Å²) in [6.07, 6.45) is 15.3. The molecule has 0 saturated heterocycles. The van der Waals surface area contributed by atoms with Gasteiger partial charge in [0.25, 0.3) is 0 Å². The summed E-state index contributed by atoms with van der Waals surface area (Å²) < 4.78 is 0. The van der Waals surface area contributed by atoms with Crippen molar-refractivity contribution in [3.8, 4) is 0 Å². The van der Waals surface area contributed by atoms with Gasteiger partial charge in [-0.25, -0.2) is 0 Å². The third-order valence-electron chi connectivity index (χ3n) is 4.60. The van der Waals surface area contributed by atoms with E-state index in [-0.39, 0.29) is 0 Å². The Morgan fingerprint density at radius 1 is 1.04 bits per heavy atom. The summed E-state index contributed by atoms with van der Waals surface area (Å²) >= 11 is 0. The predicted octanol–water partition coefficient (Wildman–Crippen LogP) is 7.43. The fourth-order valence-corrected chi connectivity index (χ4v) is 3.49. The number of hydrogen-bond donors (Lipinski definition) is 0. The van der Waals surface area contributed by atoms with Crippen LogP contribution in [0.1, 0.15) is 63.1 Å². The summed E-state index contributed by atoms with van der Waals surface area (Å²) in [5.41, 5.74) is 9.74. The van der Waals surface area contributed by atoms with Gasteiger partial charge in [-0.1, -0.05) is 93.0 Å². The standard InChI is InChI=1S/C24H30/c1-6-9-12-20-14-15-22-17-18(4)13-16-23(22)24(19(20)5)21(10-7-2)11-8-3/h6,9,12-17H,1,7-8,10-11H2,2-5H3/b12-9-. The zero-order chi connectivity index (χ0) is 17.5. The number of rotatable bonds is 6. The van der Waals surface area contributed by atoms with E-state index in [4.69, 9.17) is 0 Å². The molecule has 2 rings (SSSR count). The molecule has 0 atom stereocenters. The first kappa shape index (κ1) is 18.3. The Kier molecular flexibility index (Phi) is 6.61. The third-order valence-corrected chi connectivity index (χ3v) is 4.60. The van der Waals surface area contributed by atoms with Crippen LogP contribution in [0.5, 0.6) is 0 Å². The second-order valence-corrected chi connectivity index (χ2v) is 6.58. The van der Waals surface area contributed by atoms with Gasteiger partial charge in [0.05, 0.1) is 0 Å². The third kappa shape index (κ3) is 4.06. The van der Waals surface area contributed by atoms with Crippen LogP contribution in [-0.4, -0.2) is 0 Å². The van der Waals surface area contributed by atoms with Crippen LogP contribution in [0.2, 0.25) is 0 Å². The normalized spacial score (nSPS) is 14.1. The smallest absolute Gasteiger partial charge is 0.0109 e. The maximum absolute atomic E-state index is 3.81. The summed E-state index contributed by atoms with van der Waals surface area (Å²) in [7, 11) is 0. The quantitative estimate of drug-likeness (QED) is 0.478. The van der Waals surface area contributed by atoms with Gasteiger partial charge in [-0.3, -0.25) is 0 Å². The van der Waals surface area contributed by atoms with Crippen molar-refractivity contribution in [1.82, 2.24) is 0 Å². The Balaban J connectivity index is 2.76. The van der Waals surface area contributed by atoms with Gasteiger partial charge in [-0.05, 0) is 54.5 Å². The van der Waals surface area contributed by atoms with E-state index in [2.05, 4.69) is 70.7 Å². The molecule has 1 aromatic carbocycles. The van der Waals surface area contributed by atoms with Gasteiger partial charge in [0.1, 0.15) is 0 Å². The zero-order valence-electron chi connectivity index (χ0n) is 15.7. The van der Waals surface area contributed by atoms with E-state index >= 15 is 0 Å². The molecule has 0 amide bonds. The number of allylic oxidation sites excluding steroid dienone is 8. The first-order valence-electron chi connectivity index (χ1n) is 9.13. The van der Waals surface area contributed by atoms with Crippen molar-refractivity contribution in [2.45, 2.75) is 53.4 Å². The van der Waals surface area contributed by atoms with Crippen LogP contribution in [0.4, 0.5) is 0 Å². The number of benzene rings is 1. The van der Waals surface area contributed by atoms with Crippen molar-refractivity contribution in [1.29, 1.82) is 0 Å². The van der Waals surface area contributed by atoms with E-state index < -0.39 is 0 Å². The van der Waals surface area contributed by atoms with Crippen molar-refractivity contribution in [3.63, 3.8) is 0 Å². The molecule has 0 spiro atoms. The van der Waals surface area contributed by atoms with E-state index in [1.807, 2.05) is 12.2 Å². The van der Waals surface area contributed by atoms with Crippen molar-refractivity contribution in [2.75, 3.05) is 0 Å². The Hall–Kier alpha value is -2.08. The molecule has 126 valence electrons. The van der Waals surface area contributed by atoms with Crippen molar-refractivity contribution < 1.29 is 0 Å². The summed E-state index contributed by atoms with van der Waals surface area (Å²) in [5, 5.41) is 0. The fraction of sp³-hybridized carbons (Fsp3) is 0.333. The number of hydrogen-bond acceptors (Lipinski definition) is 0. The van der Waals surface area contributed by atoms with E-state index in [9.17, 15) is 0 Å². The SMILES string of the molecule is C=C/C=C\C1=C(C)C(=C(CCC)CCC)c2ccc(C)cc2C=C1. The van der Waals surface area contributed by atoms with E-state index in [1.165, 1.54) is 59.1 Å². The van der Waals surface area contributed by atoms with Crippen LogP contribution in [0, 0.1) is 6.92 Å². The zero-order valence-corrected chi connectivity index (χ0v) is 15.7. The molecule has 1 aliphatic carbocycles. The average Bonchev–Trinajstić information content (AvgIpc) is 2.69. The van der Waals surface area contributed by atoms with Gasteiger partial charge in [0.2, 0.25) is 0 Å². The van der Waals surface area contributed by atoms with Crippen LogP contribution < -0.4 is 0 Å². The molecule has 0 bridgehead atoms. The molecular weight excluding hydrogens is 288 g/mol. The molecule has 1 aliphatic rings.